The molecule has 1 saturated heterocycles. The van der Waals surface area contributed by atoms with Crippen molar-refractivity contribution >= 4 is 0 Å². The van der Waals surface area contributed by atoms with E-state index in [1.54, 1.807) is 0 Å². The Morgan fingerprint density at radius 2 is 2.26 bits per heavy atom. The topological polar surface area (TPSA) is 44.7 Å². The van der Waals surface area contributed by atoms with Gasteiger partial charge in [0.05, 0.1) is 12.7 Å². The molecule has 4 nitrogen and oxygen atoms in total. The Bertz CT molecular complexity index is 238. The molecular formula is C15H32N2O2. The zero-order valence-corrected chi connectivity index (χ0v) is 13.0. The Labute approximate surface area is 118 Å². The van der Waals surface area contributed by atoms with Gasteiger partial charge in [-0.15, -0.1) is 0 Å². The third-order valence-electron chi connectivity index (χ3n) is 4.15. The molecule has 0 aromatic rings. The van der Waals surface area contributed by atoms with Gasteiger partial charge < -0.3 is 20.1 Å². The molecule has 0 spiro atoms. The number of aliphatic hydroxyl groups is 1. The molecule has 1 aliphatic heterocycles. The Hall–Kier alpha value is -0.160. The van der Waals surface area contributed by atoms with Crippen LogP contribution < -0.4 is 5.32 Å². The van der Waals surface area contributed by atoms with Gasteiger partial charge in [-0.2, -0.15) is 0 Å². The highest BCUT2D eigenvalue weighted by atomic mass is 16.5. The van der Waals surface area contributed by atoms with Gasteiger partial charge in [0, 0.05) is 19.2 Å². The molecule has 1 rings (SSSR count). The molecule has 4 heteroatoms. The second-order valence-corrected chi connectivity index (χ2v) is 6.05. The maximum atomic E-state index is 9.53. The second kappa shape index (κ2) is 8.90. The largest absolute Gasteiger partial charge is 0.394 e. The molecule has 1 aliphatic rings. The molecule has 2 atom stereocenters. The van der Waals surface area contributed by atoms with Gasteiger partial charge in [0.2, 0.25) is 0 Å². The lowest BCUT2D eigenvalue weighted by Gasteiger charge is -2.34. The van der Waals surface area contributed by atoms with Gasteiger partial charge in [-0.25, -0.2) is 0 Å². The summed E-state index contributed by atoms with van der Waals surface area (Å²) in [5.41, 5.74) is -0.119. The van der Waals surface area contributed by atoms with Crippen LogP contribution >= 0.6 is 0 Å². The van der Waals surface area contributed by atoms with Gasteiger partial charge in [-0.3, -0.25) is 0 Å². The van der Waals surface area contributed by atoms with Crippen molar-refractivity contribution in [2.45, 2.75) is 57.6 Å². The molecule has 2 N–H and O–H groups in total. The lowest BCUT2D eigenvalue weighted by atomic mass is 9.96. The third kappa shape index (κ3) is 6.21. The summed E-state index contributed by atoms with van der Waals surface area (Å²) in [6.07, 6.45) is 6.11. The van der Waals surface area contributed by atoms with Crippen LogP contribution in [0, 0.1) is 0 Å². The number of likely N-dealkylation sites (tertiary alicyclic amines) is 1. The summed E-state index contributed by atoms with van der Waals surface area (Å²) < 4.78 is 5.45. The molecule has 0 aliphatic carbocycles. The lowest BCUT2D eigenvalue weighted by molar-refractivity contribution is 0.0297. The first-order valence-electron chi connectivity index (χ1n) is 7.74. The summed E-state index contributed by atoms with van der Waals surface area (Å²) in [5, 5.41) is 13.0. The maximum Gasteiger partial charge on any atom is 0.0698 e. The number of nitrogens with zero attached hydrogens (tertiary/aromatic N) is 1. The minimum absolute atomic E-state index is 0.119. The van der Waals surface area contributed by atoms with Crippen LogP contribution in [0.2, 0.25) is 0 Å². The van der Waals surface area contributed by atoms with E-state index >= 15 is 0 Å². The summed E-state index contributed by atoms with van der Waals surface area (Å²) in [6.45, 7) is 8.84. The molecule has 114 valence electrons. The van der Waals surface area contributed by atoms with E-state index < -0.39 is 0 Å². The highest BCUT2D eigenvalue weighted by molar-refractivity contribution is 4.83. The minimum atomic E-state index is -0.119. The summed E-state index contributed by atoms with van der Waals surface area (Å²) in [5.74, 6) is 0. The quantitative estimate of drug-likeness (QED) is 0.669. The van der Waals surface area contributed by atoms with E-state index in [0.717, 1.165) is 38.9 Å². The zero-order valence-electron chi connectivity index (χ0n) is 13.0. The van der Waals surface area contributed by atoms with Crippen LogP contribution in [-0.4, -0.2) is 61.5 Å². The van der Waals surface area contributed by atoms with Crippen LogP contribution in [0.1, 0.15) is 46.0 Å². The molecule has 0 saturated carbocycles. The van der Waals surface area contributed by atoms with Crippen molar-refractivity contribution in [2.75, 3.05) is 39.9 Å². The third-order valence-corrected chi connectivity index (χ3v) is 4.15. The first-order chi connectivity index (χ1) is 9.13. The predicted molar refractivity (Wildman–Crippen MR) is 79.5 cm³/mol. The summed E-state index contributed by atoms with van der Waals surface area (Å²) >= 11 is 0. The van der Waals surface area contributed by atoms with Gasteiger partial charge in [0.1, 0.15) is 0 Å². The molecule has 0 aromatic carbocycles. The maximum absolute atomic E-state index is 9.53. The monoisotopic (exact) mass is 272 g/mol. The number of hydrogen-bond donors (Lipinski definition) is 2. The average molecular weight is 272 g/mol. The van der Waals surface area contributed by atoms with E-state index in [2.05, 4.69) is 24.1 Å². The molecule has 2 unspecified atom stereocenters. The van der Waals surface area contributed by atoms with Crippen molar-refractivity contribution in [3.8, 4) is 0 Å². The van der Waals surface area contributed by atoms with Crippen molar-refractivity contribution in [3.05, 3.63) is 0 Å². The van der Waals surface area contributed by atoms with Gasteiger partial charge in [0.25, 0.3) is 0 Å². The molecule has 0 aromatic heterocycles. The average Bonchev–Trinajstić information content (AvgIpc) is 2.45. The van der Waals surface area contributed by atoms with Gasteiger partial charge in [-0.05, 0) is 58.7 Å². The van der Waals surface area contributed by atoms with Crippen molar-refractivity contribution in [2.24, 2.45) is 0 Å². The number of methoxy groups -OCH3 is 1. The Morgan fingerprint density at radius 1 is 1.47 bits per heavy atom. The Morgan fingerprint density at radius 3 is 2.89 bits per heavy atom. The van der Waals surface area contributed by atoms with Crippen LogP contribution in [0.5, 0.6) is 0 Å². The van der Waals surface area contributed by atoms with Crippen molar-refractivity contribution in [1.29, 1.82) is 0 Å². The van der Waals surface area contributed by atoms with Gasteiger partial charge in [0.15, 0.2) is 0 Å². The van der Waals surface area contributed by atoms with Gasteiger partial charge in [-0.1, -0.05) is 6.92 Å². The van der Waals surface area contributed by atoms with Crippen LogP contribution in [0.15, 0.2) is 0 Å². The van der Waals surface area contributed by atoms with E-state index in [0.29, 0.717) is 6.10 Å². The minimum Gasteiger partial charge on any atom is -0.394 e. The van der Waals surface area contributed by atoms with Crippen molar-refractivity contribution in [1.82, 2.24) is 10.2 Å². The van der Waals surface area contributed by atoms with E-state index in [9.17, 15) is 5.11 Å². The predicted octanol–water partition coefficient (Wildman–Crippen LogP) is 1.63. The molecule has 1 heterocycles. The highest BCUT2D eigenvalue weighted by Crippen LogP contribution is 2.16. The van der Waals surface area contributed by atoms with E-state index in [1.807, 2.05) is 7.11 Å². The summed E-state index contributed by atoms with van der Waals surface area (Å²) in [7, 11) is 1.81. The number of ether oxygens (including phenoxy) is 1. The normalized spacial score (nSPS) is 24.3. The number of nitrogens with one attached hydrogen (secondary N) is 1. The standard InChI is InChI=1S/C15H32N2O2/c1-4-9-16-15(2,13-18)8-6-11-17-10-5-7-14(12-17)19-3/h14,16,18H,4-13H2,1-3H3. The van der Waals surface area contributed by atoms with Crippen LogP contribution in [-0.2, 0) is 4.74 Å². The van der Waals surface area contributed by atoms with Crippen LogP contribution in [0.25, 0.3) is 0 Å². The first-order valence-corrected chi connectivity index (χ1v) is 7.74. The zero-order chi connectivity index (χ0) is 14.1. The van der Waals surface area contributed by atoms with Crippen molar-refractivity contribution < 1.29 is 9.84 Å². The molecule has 1 fully saturated rings. The number of hydrogen-bond acceptors (Lipinski definition) is 4. The number of rotatable bonds is 9. The summed E-state index contributed by atoms with van der Waals surface area (Å²) in [4.78, 5) is 2.50. The van der Waals surface area contributed by atoms with E-state index in [4.69, 9.17) is 4.74 Å². The molecule has 0 amide bonds. The highest BCUT2D eigenvalue weighted by Gasteiger charge is 2.23. The first kappa shape index (κ1) is 16.9. The van der Waals surface area contributed by atoms with Gasteiger partial charge >= 0.3 is 0 Å². The molecule has 0 radical (unpaired) electrons. The van der Waals surface area contributed by atoms with Crippen LogP contribution in [0.3, 0.4) is 0 Å². The molecule has 0 bridgehead atoms. The fourth-order valence-corrected chi connectivity index (χ4v) is 2.75. The van der Waals surface area contributed by atoms with Crippen molar-refractivity contribution in [3.63, 3.8) is 0 Å². The SMILES string of the molecule is CCCNC(C)(CO)CCCN1CCCC(OC)C1. The summed E-state index contributed by atoms with van der Waals surface area (Å²) in [6, 6.07) is 0. The second-order valence-electron chi connectivity index (χ2n) is 6.05. The van der Waals surface area contributed by atoms with E-state index in [-0.39, 0.29) is 12.1 Å². The Balaban J connectivity index is 2.24. The fraction of sp³-hybridized carbons (Fsp3) is 1.00. The smallest absolute Gasteiger partial charge is 0.0698 e. The Kier molecular flexibility index (Phi) is 7.91. The number of aliphatic hydroxyl groups excluding tert-OH is 1. The molecular weight excluding hydrogens is 240 g/mol. The fourth-order valence-electron chi connectivity index (χ4n) is 2.75. The molecule has 19 heavy (non-hydrogen) atoms. The van der Waals surface area contributed by atoms with Crippen LogP contribution in [0.4, 0.5) is 0 Å². The lowest BCUT2D eigenvalue weighted by Crippen LogP contribution is -2.47. The van der Waals surface area contributed by atoms with E-state index in [1.165, 1.54) is 19.4 Å². The number of piperidine rings is 1.